The average molecular weight is 264 g/mol. The molecule has 1 N–H and O–H groups in total. The third-order valence-electron chi connectivity index (χ3n) is 2.63. The monoisotopic (exact) mass is 264 g/mol. The first-order valence-corrected chi connectivity index (χ1v) is 5.52. The zero-order valence-electron chi connectivity index (χ0n) is 10.5. The van der Waals surface area contributed by atoms with E-state index in [-0.39, 0.29) is 35.7 Å². The second-order valence-electron chi connectivity index (χ2n) is 3.91. The van der Waals surface area contributed by atoms with Gasteiger partial charge in [0.1, 0.15) is 5.69 Å². The van der Waals surface area contributed by atoms with Gasteiger partial charge in [0.2, 0.25) is 0 Å². The number of carbonyl (C=O) groups is 1. The van der Waals surface area contributed by atoms with E-state index < -0.39 is 11.2 Å². The molecule has 2 heterocycles. The van der Waals surface area contributed by atoms with Crippen LogP contribution in [0.25, 0.3) is 11.2 Å². The largest absolute Gasteiger partial charge is 0.384 e. The number of rotatable bonds is 4. The van der Waals surface area contributed by atoms with Gasteiger partial charge < -0.3 is 4.74 Å². The average Bonchev–Trinajstić information content (AvgIpc) is 2.42. The smallest absolute Gasteiger partial charge is 0.329 e. The van der Waals surface area contributed by atoms with Crippen LogP contribution in [0.5, 0.6) is 0 Å². The van der Waals surface area contributed by atoms with Crippen LogP contribution < -0.4 is 11.2 Å². The fourth-order valence-electron chi connectivity index (χ4n) is 1.52. The highest BCUT2D eigenvalue weighted by molar-refractivity contribution is 5.95. The number of ether oxygens (including phenoxy) is 1. The summed E-state index contributed by atoms with van der Waals surface area (Å²) in [5, 5.41) is 0. The van der Waals surface area contributed by atoms with Gasteiger partial charge >= 0.3 is 5.69 Å². The van der Waals surface area contributed by atoms with Crippen molar-refractivity contribution in [2.45, 2.75) is 6.42 Å². The fourth-order valence-corrected chi connectivity index (χ4v) is 1.52. The van der Waals surface area contributed by atoms with E-state index in [1.807, 2.05) is 0 Å². The van der Waals surface area contributed by atoms with Crippen LogP contribution in [0.3, 0.4) is 0 Å². The normalized spacial score (nSPS) is 10.8. The third-order valence-corrected chi connectivity index (χ3v) is 2.63. The summed E-state index contributed by atoms with van der Waals surface area (Å²) in [6.45, 7) is 0.266. The Labute approximate surface area is 107 Å². The number of carbonyl (C=O) groups excluding carboxylic acids is 1. The van der Waals surface area contributed by atoms with Crippen LogP contribution >= 0.6 is 0 Å². The number of hydrogen-bond donors (Lipinski definition) is 1. The lowest BCUT2D eigenvalue weighted by molar-refractivity contribution is 0.0927. The summed E-state index contributed by atoms with van der Waals surface area (Å²) >= 11 is 0. The summed E-state index contributed by atoms with van der Waals surface area (Å²) in [5.41, 5.74) is -1.06. The molecule has 2 aromatic heterocycles. The summed E-state index contributed by atoms with van der Waals surface area (Å²) < 4.78 is 5.67. The number of nitrogens with zero attached hydrogens (tertiary/aromatic N) is 3. The van der Waals surface area contributed by atoms with Gasteiger partial charge in [-0.15, -0.1) is 0 Å². The molecule has 8 nitrogen and oxygen atoms in total. The van der Waals surface area contributed by atoms with Crippen LogP contribution in [0.4, 0.5) is 0 Å². The minimum absolute atomic E-state index is 0.0367. The number of hydrogen-bond acceptors (Lipinski definition) is 6. The van der Waals surface area contributed by atoms with E-state index in [0.29, 0.717) is 0 Å². The molecule has 0 radical (unpaired) electrons. The first-order chi connectivity index (χ1) is 9.04. The fraction of sp³-hybridized carbons (Fsp3) is 0.364. The molecule has 0 saturated heterocycles. The molecule has 0 aliphatic rings. The van der Waals surface area contributed by atoms with Crippen molar-refractivity contribution in [2.24, 2.45) is 7.05 Å². The second-order valence-corrected chi connectivity index (χ2v) is 3.91. The molecular weight excluding hydrogens is 252 g/mol. The lowest BCUT2D eigenvalue weighted by Crippen LogP contribution is -2.33. The topological polar surface area (TPSA) is 107 Å². The first-order valence-electron chi connectivity index (χ1n) is 5.52. The molecule has 0 aromatic carbocycles. The van der Waals surface area contributed by atoms with Gasteiger partial charge in [-0.1, -0.05) is 0 Å². The van der Waals surface area contributed by atoms with Gasteiger partial charge in [0.15, 0.2) is 16.9 Å². The molecule has 0 aliphatic carbocycles. The number of nitrogens with one attached hydrogen (secondary N) is 1. The van der Waals surface area contributed by atoms with E-state index in [1.165, 1.54) is 20.4 Å². The van der Waals surface area contributed by atoms with Gasteiger partial charge in [-0.05, 0) is 0 Å². The van der Waals surface area contributed by atoms with Crippen molar-refractivity contribution in [3.8, 4) is 0 Å². The summed E-state index contributed by atoms with van der Waals surface area (Å²) in [7, 11) is 2.81. The van der Waals surface area contributed by atoms with E-state index >= 15 is 0 Å². The first kappa shape index (κ1) is 13.1. The molecule has 2 rings (SSSR count). The quantitative estimate of drug-likeness (QED) is 0.727. The highest BCUT2D eigenvalue weighted by atomic mass is 16.5. The molecule has 0 unspecified atom stereocenters. The Balaban J connectivity index is 2.55. The number of Topliss-reactive ketones (excluding diaryl/α,β-unsaturated/α-hetero) is 1. The van der Waals surface area contributed by atoms with Crippen molar-refractivity contribution in [2.75, 3.05) is 13.7 Å². The number of fused-ring (bicyclic) bond motifs is 1. The third kappa shape index (κ3) is 2.43. The Morgan fingerprint density at radius 1 is 1.47 bits per heavy atom. The molecule has 2 aromatic rings. The SMILES string of the molecule is COCCC(=O)c1cnc2[nH]c(=O)n(C)c(=O)c2n1. The van der Waals surface area contributed by atoms with E-state index in [4.69, 9.17) is 4.74 Å². The lowest BCUT2D eigenvalue weighted by Gasteiger charge is -2.02. The Kier molecular flexibility index (Phi) is 3.52. The molecule has 0 spiro atoms. The number of aromatic nitrogens is 4. The zero-order valence-corrected chi connectivity index (χ0v) is 10.5. The number of methoxy groups -OCH3 is 1. The van der Waals surface area contributed by atoms with E-state index in [1.54, 1.807) is 0 Å². The summed E-state index contributed by atoms with van der Waals surface area (Å²) in [5.74, 6) is -0.274. The molecule has 100 valence electrons. The molecule has 19 heavy (non-hydrogen) atoms. The number of H-pyrrole nitrogens is 1. The molecule has 0 bridgehead atoms. The van der Waals surface area contributed by atoms with Gasteiger partial charge in [0.05, 0.1) is 12.8 Å². The molecule has 0 amide bonds. The van der Waals surface area contributed by atoms with Crippen molar-refractivity contribution >= 4 is 16.9 Å². The summed E-state index contributed by atoms with van der Waals surface area (Å²) in [6.07, 6.45) is 1.38. The van der Waals surface area contributed by atoms with Crippen LogP contribution in [-0.4, -0.2) is 39.0 Å². The van der Waals surface area contributed by atoms with Crippen LogP contribution in [0.15, 0.2) is 15.8 Å². The Hall–Kier alpha value is -2.35. The van der Waals surface area contributed by atoms with Gasteiger partial charge in [-0.2, -0.15) is 0 Å². The second kappa shape index (κ2) is 5.11. The Morgan fingerprint density at radius 3 is 2.89 bits per heavy atom. The van der Waals surface area contributed by atoms with Gasteiger partial charge in [-0.3, -0.25) is 19.1 Å². The molecule has 8 heteroatoms. The van der Waals surface area contributed by atoms with Crippen LogP contribution in [0.2, 0.25) is 0 Å². The minimum Gasteiger partial charge on any atom is -0.384 e. The molecule has 0 saturated carbocycles. The summed E-state index contributed by atoms with van der Waals surface area (Å²) in [4.78, 5) is 45.2. The zero-order chi connectivity index (χ0) is 14.0. The van der Waals surface area contributed by atoms with E-state index in [9.17, 15) is 14.4 Å². The molecular formula is C11H12N4O4. The predicted molar refractivity (Wildman–Crippen MR) is 66.2 cm³/mol. The van der Waals surface area contributed by atoms with Crippen LogP contribution in [0.1, 0.15) is 16.9 Å². The van der Waals surface area contributed by atoms with Crippen molar-refractivity contribution in [1.29, 1.82) is 0 Å². The standard InChI is InChI=1S/C11H12N4O4/c1-15-10(17)8-9(14-11(15)18)12-5-6(13-8)7(16)3-4-19-2/h5H,3-4H2,1-2H3,(H,12,14,18). The van der Waals surface area contributed by atoms with Crippen molar-refractivity contribution < 1.29 is 9.53 Å². The molecule has 0 atom stereocenters. The van der Waals surface area contributed by atoms with Crippen molar-refractivity contribution in [3.63, 3.8) is 0 Å². The maximum absolute atomic E-state index is 11.8. The molecule has 0 aliphatic heterocycles. The minimum atomic E-state index is -0.590. The molecule has 0 fully saturated rings. The maximum atomic E-state index is 11.8. The lowest BCUT2D eigenvalue weighted by atomic mass is 10.2. The van der Waals surface area contributed by atoms with E-state index in [2.05, 4.69) is 15.0 Å². The Bertz CT molecular complexity index is 746. The number of ketones is 1. The van der Waals surface area contributed by atoms with Gasteiger partial charge in [0.25, 0.3) is 5.56 Å². The van der Waals surface area contributed by atoms with Crippen LogP contribution in [-0.2, 0) is 11.8 Å². The highest BCUT2D eigenvalue weighted by Gasteiger charge is 2.12. The van der Waals surface area contributed by atoms with Crippen molar-refractivity contribution in [3.05, 3.63) is 32.7 Å². The van der Waals surface area contributed by atoms with Gasteiger partial charge in [0, 0.05) is 20.6 Å². The van der Waals surface area contributed by atoms with Gasteiger partial charge in [-0.25, -0.2) is 14.8 Å². The highest BCUT2D eigenvalue weighted by Crippen LogP contribution is 2.03. The maximum Gasteiger partial charge on any atom is 0.329 e. The summed E-state index contributed by atoms with van der Waals surface area (Å²) in [6, 6.07) is 0. The Morgan fingerprint density at radius 2 is 2.21 bits per heavy atom. The van der Waals surface area contributed by atoms with Crippen LogP contribution in [0, 0.1) is 0 Å². The van der Waals surface area contributed by atoms with E-state index in [0.717, 1.165) is 4.57 Å². The number of aromatic amines is 1. The van der Waals surface area contributed by atoms with Crippen molar-refractivity contribution in [1.82, 2.24) is 19.5 Å². The predicted octanol–water partition coefficient (Wildman–Crippen LogP) is -0.764.